The number of hydrogen-bond donors (Lipinski definition) is 2. The topological polar surface area (TPSA) is 61.4 Å². The van der Waals surface area contributed by atoms with Crippen LogP contribution >= 0.6 is 11.8 Å². The number of nitrogens with one attached hydrogen (secondary N) is 2. The largest absolute Gasteiger partial charge is 0.337 e. The highest BCUT2D eigenvalue weighted by molar-refractivity contribution is 8.00. The first-order chi connectivity index (χ1) is 9.74. The lowest BCUT2D eigenvalue weighted by Crippen LogP contribution is -2.34. The van der Waals surface area contributed by atoms with Crippen molar-refractivity contribution in [2.75, 3.05) is 37.2 Å². The minimum absolute atomic E-state index is 0.00827. The van der Waals surface area contributed by atoms with Gasteiger partial charge in [-0.25, -0.2) is 0 Å². The summed E-state index contributed by atoms with van der Waals surface area (Å²) >= 11 is 1.51. The van der Waals surface area contributed by atoms with Crippen molar-refractivity contribution in [2.24, 2.45) is 0 Å². The molecule has 2 aliphatic heterocycles. The van der Waals surface area contributed by atoms with Gasteiger partial charge in [-0.1, -0.05) is 0 Å². The summed E-state index contributed by atoms with van der Waals surface area (Å²) in [7, 11) is 0. The second kappa shape index (κ2) is 5.85. The molecule has 0 bridgehead atoms. The number of nitrogens with zero attached hydrogens (tertiary/aromatic N) is 1. The van der Waals surface area contributed by atoms with Crippen molar-refractivity contribution in [2.45, 2.75) is 11.3 Å². The molecule has 0 aliphatic carbocycles. The average Bonchev–Trinajstić information content (AvgIpc) is 2.74. The molecule has 1 saturated heterocycles. The van der Waals surface area contributed by atoms with Gasteiger partial charge in [-0.05, 0) is 31.2 Å². The lowest BCUT2D eigenvalue weighted by molar-refractivity contribution is -0.113. The SMILES string of the molecule is O=C1CSc2ccc(C(=O)N3CCCNCC3)cc2N1. The summed E-state index contributed by atoms with van der Waals surface area (Å²) in [5.41, 5.74) is 1.40. The van der Waals surface area contributed by atoms with Gasteiger partial charge in [-0.3, -0.25) is 9.59 Å². The van der Waals surface area contributed by atoms with E-state index in [9.17, 15) is 9.59 Å². The van der Waals surface area contributed by atoms with Gasteiger partial charge in [0.2, 0.25) is 5.91 Å². The van der Waals surface area contributed by atoms with Crippen LogP contribution in [0, 0.1) is 0 Å². The smallest absolute Gasteiger partial charge is 0.253 e. The molecule has 6 heteroatoms. The minimum atomic E-state index is -0.00827. The first-order valence-electron chi connectivity index (χ1n) is 6.81. The number of hydrogen-bond acceptors (Lipinski definition) is 4. The van der Waals surface area contributed by atoms with Crippen LogP contribution in [0.1, 0.15) is 16.8 Å². The molecule has 2 heterocycles. The quantitative estimate of drug-likeness (QED) is 0.815. The molecular weight excluding hydrogens is 274 g/mol. The number of amides is 2. The van der Waals surface area contributed by atoms with E-state index in [1.54, 1.807) is 6.07 Å². The van der Waals surface area contributed by atoms with Gasteiger partial charge in [0.05, 0.1) is 11.4 Å². The van der Waals surface area contributed by atoms with Crippen LogP contribution in [0.25, 0.3) is 0 Å². The lowest BCUT2D eigenvalue weighted by atomic mass is 10.1. The molecule has 2 N–H and O–H groups in total. The normalized spacial score (nSPS) is 19.0. The van der Waals surface area contributed by atoms with Crippen molar-refractivity contribution in [3.8, 4) is 0 Å². The predicted molar refractivity (Wildman–Crippen MR) is 79.2 cm³/mol. The number of anilines is 1. The van der Waals surface area contributed by atoms with Crippen molar-refractivity contribution < 1.29 is 9.59 Å². The predicted octanol–water partition coefficient (Wildman–Crippen LogP) is 1.17. The molecule has 5 nitrogen and oxygen atoms in total. The van der Waals surface area contributed by atoms with E-state index >= 15 is 0 Å². The molecule has 1 aromatic carbocycles. The van der Waals surface area contributed by atoms with Crippen LogP contribution in [-0.4, -0.2) is 48.6 Å². The van der Waals surface area contributed by atoms with Gasteiger partial charge in [-0.15, -0.1) is 11.8 Å². The number of carbonyl (C=O) groups is 2. The summed E-state index contributed by atoms with van der Waals surface area (Å²) in [6.45, 7) is 3.31. The highest BCUT2D eigenvalue weighted by atomic mass is 32.2. The summed E-state index contributed by atoms with van der Waals surface area (Å²) in [4.78, 5) is 26.8. The zero-order valence-corrected chi connectivity index (χ0v) is 12.0. The van der Waals surface area contributed by atoms with Gasteiger partial charge in [0.25, 0.3) is 5.91 Å². The molecule has 3 rings (SSSR count). The van der Waals surface area contributed by atoms with Crippen LogP contribution in [0.15, 0.2) is 23.1 Å². The third-order valence-electron chi connectivity index (χ3n) is 3.49. The molecule has 0 saturated carbocycles. The molecule has 0 spiro atoms. The van der Waals surface area contributed by atoms with E-state index in [-0.39, 0.29) is 11.8 Å². The molecule has 0 aromatic heterocycles. The summed E-state index contributed by atoms with van der Waals surface area (Å²) in [5.74, 6) is 0.477. The monoisotopic (exact) mass is 291 g/mol. The number of carbonyl (C=O) groups excluding carboxylic acids is 2. The Balaban J connectivity index is 1.81. The Morgan fingerprint density at radius 2 is 2.15 bits per heavy atom. The molecule has 1 fully saturated rings. The molecule has 0 radical (unpaired) electrons. The Morgan fingerprint density at radius 1 is 1.25 bits per heavy atom. The Kier molecular flexibility index (Phi) is 3.93. The molecule has 1 aromatic rings. The number of benzene rings is 1. The highest BCUT2D eigenvalue weighted by Crippen LogP contribution is 2.32. The van der Waals surface area contributed by atoms with Crippen molar-refractivity contribution >= 4 is 29.3 Å². The Hall–Kier alpha value is -1.53. The summed E-state index contributed by atoms with van der Waals surface area (Å²) in [5, 5.41) is 6.11. The van der Waals surface area contributed by atoms with Crippen LogP contribution in [0.2, 0.25) is 0 Å². The third-order valence-corrected chi connectivity index (χ3v) is 4.56. The maximum atomic E-state index is 12.5. The van der Waals surface area contributed by atoms with Crippen molar-refractivity contribution in [1.82, 2.24) is 10.2 Å². The molecular formula is C14H17N3O2S. The van der Waals surface area contributed by atoms with Crippen LogP contribution in [0.5, 0.6) is 0 Å². The molecule has 0 atom stereocenters. The number of thioether (sulfide) groups is 1. The van der Waals surface area contributed by atoms with Crippen molar-refractivity contribution in [1.29, 1.82) is 0 Å². The van der Waals surface area contributed by atoms with E-state index in [1.165, 1.54) is 11.8 Å². The van der Waals surface area contributed by atoms with Crippen molar-refractivity contribution in [3.05, 3.63) is 23.8 Å². The lowest BCUT2D eigenvalue weighted by Gasteiger charge is -2.22. The zero-order valence-electron chi connectivity index (χ0n) is 11.1. The van der Waals surface area contributed by atoms with E-state index in [1.807, 2.05) is 17.0 Å². The zero-order chi connectivity index (χ0) is 13.9. The van der Waals surface area contributed by atoms with Gasteiger partial charge in [-0.2, -0.15) is 0 Å². The van der Waals surface area contributed by atoms with Crippen LogP contribution in [0.4, 0.5) is 5.69 Å². The van der Waals surface area contributed by atoms with Gasteiger partial charge in [0, 0.05) is 30.1 Å². The summed E-state index contributed by atoms with van der Waals surface area (Å²) in [6.07, 6.45) is 0.975. The fourth-order valence-corrected chi connectivity index (χ4v) is 3.24. The molecule has 106 valence electrons. The van der Waals surface area contributed by atoms with E-state index < -0.39 is 0 Å². The van der Waals surface area contributed by atoms with Gasteiger partial charge < -0.3 is 15.5 Å². The molecule has 20 heavy (non-hydrogen) atoms. The van der Waals surface area contributed by atoms with Crippen LogP contribution in [-0.2, 0) is 4.79 Å². The van der Waals surface area contributed by atoms with Crippen molar-refractivity contribution in [3.63, 3.8) is 0 Å². The maximum absolute atomic E-state index is 12.5. The fourth-order valence-electron chi connectivity index (χ4n) is 2.45. The highest BCUT2D eigenvalue weighted by Gasteiger charge is 2.20. The third kappa shape index (κ3) is 2.81. The molecule has 2 amide bonds. The van der Waals surface area contributed by atoms with Crippen LogP contribution < -0.4 is 10.6 Å². The molecule has 0 unspecified atom stereocenters. The van der Waals surface area contributed by atoms with E-state index in [4.69, 9.17) is 0 Å². The Morgan fingerprint density at radius 3 is 3.05 bits per heavy atom. The fraction of sp³-hybridized carbons (Fsp3) is 0.429. The minimum Gasteiger partial charge on any atom is -0.337 e. The first kappa shape index (κ1) is 13.5. The standard InChI is InChI=1S/C14H17N3O2S/c18-13-9-20-12-3-2-10(8-11(12)16-13)14(19)17-6-1-4-15-5-7-17/h2-3,8,15H,1,4-7,9H2,(H,16,18). The maximum Gasteiger partial charge on any atom is 0.253 e. The number of rotatable bonds is 1. The van der Waals surface area contributed by atoms with Crippen LogP contribution in [0.3, 0.4) is 0 Å². The average molecular weight is 291 g/mol. The number of fused-ring (bicyclic) bond motifs is 1. The Labute approximate surface area is 122 Å². The van der Waals surface area contributed by atoms with Gasteiger partial charge >= 0.3 is 0 Å². The second-order valence-electron chi connectivity index (χ2n) is 4.94. The molecule has 2 aliphatic rings. The van der Waals surface area contributed by atoms with Gasteiger partial charge in [0.15, 0.2) is 0 Å². The van der Waals surface area contributed by atoms with E-state index in [0.29, 0.717) is 11.3 Å². The van der Waals surface area contributed by atoms with E-state index in [0.717, 1.165) is 43.2 Å². The summed E-state index contributed by atoms with van der Waals surface area (Å²) < 4.78 is 0. The summed E-state index contributed by atoms with van der Waals surface area (Å²) in [6, 6.07) is 5.56. The van der Waals surface area contributed by atoms with Gasteiger partial charge in [0.1, 0.15) is 0 Å². The van der Waals surface area contributed by atoms with E-state index in [2.05, 4.69) is 10.6 Å². The second-order valence-corrected chi connectivity index (χ2v) is 5.96. The Bertz CT molecular complexity index is 539. The first-order valence-corrected chi connectivity index (χ1v) is 7.79.